The summed E-state index contributed by atoms with van der Waals surface area (Å²) in [6, 6.07) is 4.02. The van der Waals surface area contributed by atoms with Crippen LogP contribution in [-0.4, -0.2) is 25.0 Å². The third-order valence-electron chi connectivity index (χ3n) is 2.60. The van der Waals surface area contributed by atoms with Gasteiger partial charge in [0.2, 0.25) is 0 Å². The van der Waals surface area contributed by atoms with Crippen molar-refractivity contribution < 1.29 is 14.3 Å². The average molecular weight is 304 g/mol. The molecule has 1 amide bonds. The highest BCUT2D eigenvalue weighted by Gasteiger charge is 2.26. The maximum Gasteiger partial charge on any atom is 0.328 e. The first-order chi connectivity index (χ1) is 8.88. The van der Waals surface area contributed by atoms with E-state index in [1.807, 2.05) is 0 Å². The van der Waals surface area contributed by atoms with Crippen LogP contribution in [0.3, 0.4) is 0 Å². The largest absolute Gasteiger partial charge is 0.467 e. The summed E-state index contributed by atoms with van der Waals surface area (Å²) in [6.45, 7) is 3.60. The Kier molecular flexibility index (Phi) is 5.63. The Morgan fingerprint density at radius 3 is 2.16 bits per heavy atom. The van der Waals surface area contributed by atoms with Crippen molar-refractivity contribution in [3.63, 3.8) is 0 Å². The van der Waals surface area contributed by atoms with Crippen molar-refractivity contribution in [2.24, 2.45) is 5.92 Å². The first-order valence-electron chi connectivity index (χ1n) is 5.71. The number of rotatable bonds is 4. The number of nitrogens with one attached hydrogen (secondary N) is 1. The predicted molar refractivity (Wildman–Crippen MR) is 74.6 cm³/mol. The molecule has 0 bridgehead atoms. The molecule has 104 valence electrons. The molecule has 1 aromatic carbocycles. The first-order valence-corrected chi connectivity index (χ1v) is 6.46. The van der Waals surface area contributed by atoms with Gasteiger partial charge in [-0.1, -0.05) is 43.1 Å². The highest BCUT2D eigenvalue weighted by Crippen LogP contribution is 2.24. The maximum atomic E-state index is 12.1. The third-order valence-corrected chi connectivity index (χ3v) is 3.23. The zero-order valence-electron chi connectivity index (χ0n) is 10.9. The van der Waals surface area contributed by atoms with E-state index in [9.17, 15) is 9.59 Å². The Labute approximate surface area is 122 Å². The molecule has 19 heavy (non-hydrogen) atoms. The van der Waals surface area contributed by atoms with Crippen LogP contribution in [0.4, 0.5) is 0 Å². The van der Waals surface area contributed by atoms with Crippen LogP contribution in [0.2, 0.25) is 10.0 Å². The van der Waals surface area contributed by atoms with Crippen LogP contribution in [-0.2, 0) is 9.53 Å². The second-order valence-electron chi connectivity index (χ2n) is 4.31. The molecule has 0 heterocycles. The van der Waals surface area contributed by atoms with Crippen molar-refractivity contribution in [3.8, 4) is 0 Å². The number of hydrogen-bond acceptors (Lipinski definition) is 3. The van der Waals surface area contributed by atoms with Gasteiger partial charge in [0.25, 0.3) is 5.91 Å². The number of methoxy groups -OCH3 is 1. The topological polar surface area (TPSA) is 55.4 Å². The van der Waals surface area contributed by atoms with Crippen molar-refractivity contribution in [1.82, 2.24) is 5.32 Å². The number of benzene rings is 1. The number of ether oxygens (including phenoxy) is 1. The number of esters is 1. The smallest absolute Gasteiger partial charge is 0.328 e. The lowest BCUT2D eigenvalue weighted by molar-refractivity contribution is -0.144. The molecule has 0 unspecified atom stereocenters. The van der Waals surface area contributed by atoms with Gasteiger partial charge in [-0.15, -0.1) is 0 Å². The zero-order chi connectivity index (χ0) is 14.6. The van der Waals surface area contributed by atoms with Crippen molar-refractivity contribution in [1.29, 1.82) is 0 Å². The quantitative estimate of drug-likeness (QED) is 0.870. The second-order valence-corrected chi connectivity index (χ2v) is 5.13. The van der Waals surface area contributed by atoms with E-state index in [-0.39, 0.29) is 21.5 Å². The van der Waals surface area contributed by atoms with E-state index in [1.165, 1.54) is 7.11 Å². The summed E-state index contributed by atoms with van der Waals surface area (Å²) in [5, 5.41) is 3.05. The minimum atomic E-state index is -0.746. The Balaban J connectivity index is 2.98. The van der Waals surface area contributed by atoms with Gasteiger partial charge in [0.15, 0.2) is 0 Å². The molecule has 0 spiro atoms. The molecule has 0 radical (unpaired) electrons. The lowest BCUT2D eigenvalue weighted by atomic mass is 10.0. The fourth-order valence-corrected chi connectivity index (χ4v) is 2.12. The molecule has 1 aromatic rings. The molecule has 0 saturated heterocycles. The van der Waals surface area contributed by atoms with Crippen LogP contribution < -0.4 is 5.32 Å². The summed E-state index contributed by atoms with van der Waals surface area (Å²) >= 11 is 11.9. The minimum absolute atomic E-state index is 0.113. The number of halogens is 2. The average Bonchev–Trinajstić information content (AvgIpc) is 2.34. The normalized spacial score (nSPS) is 12.1. The standard InChI is InChI=1S/C13H15Cl2NO3/c1-7(2)11(13(18)19-3)16-12(17)10-8(14)5-4-6-9(10)15/h4-7,11H,1-3H3,(H,16,17)/t11-/m0/s1. The lowest BCUT2D eigenvalue weighted by Crippen LogP contribution is -2.45. The van der Waals surface area contributed by atoms with Crippen molar-refractivity contribution in [3.05, 3.63) is 33.8 Å². The molecule has 1 atom stereocenters. The van der Waals surface area contributed by atoms with Crippen LogP contribution in [0.25, 0.3) is 0 Å². The summed E-state index contributed by atoms with van der Waals surface area (Å²) in [4.78, 5) is 23.7. The molecular formula is C13H15Cl2NO3. The van der Waals surface area contributed by atoms with Crippen LogP contribution in [0, 0.1) is 5.92 Å². The SMILES string of the molecule is COC(=O)[C@@H](NC(=O)c1c(Cl)cccc1Cl)C(C)C. The molecule has 1 N–H and O–H groups in total. The fraction of sp³-hybridized carbons (Fsp3) is 0.385. The van der Waals surface area contributed by atoms with Gasteiger partial charge in [-0.25, -0.2) is 4.79 Å². The highest BCUT2D eigenvalue weighted by atomic mass is 35.5. The van der Waals surface area contributed by atoms with E-state index in [1.54, 1.807) is 32.0 Å². The van der Waals surface area contributed by atoms with Crippen LogP contribution >= 0.6 is 23.2 Å². The summed E-state index contributed by atoms with van der Waals surface area (Å²) < 4.78 is 4.65. The number of carbonyl (C=O) groups excluding carboxylic acids is 2. The number of carbonyl (C=O) groups is 2. The highest BCUT2D eigenvalue weighted by molar-refractivity contribution is 6.39. The number of hydrogen-bond donors (Lipinski definition) is 1. The van der Waals surface area contributed by atoms with Gasteiger partial charge >= 0.3 is 5.97 Å². The van der Waals surface area contributed by atoms with Crippen LogP contribution in [0.15, 0.2) is 18.2 Å². The first kappa shape index (κ1) is 15.8. The monoisotopic (exact) mass is 303 g/mol. The summed E-state index contributed by atoms with van der Waals surface area (Å²) in [5.74, 6) is -1.12. The van der Waals surface area contributed by atoms with E-state index in [0.717, 1.165) is 0 Å². The Bertz CT molecular complexity index is 469. The molecule has 0 aliphatic carbocycles. The summed E-state index contributed by atoms with van der Waals surface area (Å²) in [5.41, 5.74) is 0.153. The molecule has 0 saturated carbocycles. The Hall–Kier alpha value is -1.26. The zero-order valence-corrected chi connectivity index (χ0v) is 12.4. The van der Waals surface area contributed by atoms with Gasteiger partial charge in [-0.05, 0) is 18.1 Å². The van der Waals surface area contributed by atoms with Crippen molar-refractivity contribution in [2.45, 2.75) is 19.9 Å². The molecule has 6 heteroatoms. The lowest BCUT2D eigenvalue weighted by Gasteiger charge is -2.20. The summed E-state index contributed by atoms with van der Waals surface area (Å²) in [6.07, 6.45) is 0. The fourth-order valence-electron chi connectivity index (χ4n) is 1.55. The molecule has 1 rings (SSSR count). The van der Waals surface area contributed by atoms with E-state index in [2.05, 4.69) is 10.1 Å². The van der Waals surface area contributed by atoms with E-state index in [0.29, 0.717) is 0 Å². The second kappa shape index (κ2) is 6.78. The van der Waals surface area contributed by atoms with E-state index >= 15 is 0 Å². The molecule has 0 aromatic heterocycles. The third kappa shape index (κ3) is 3.85. The van der Waals surface area contributed by atoms with E-state index in [4.69, 9.17) is 23.2 Å². The minimum Gasteiger partial charge on any atom is -0.467 e. The summed E-state index contributed by atoms with van der Waals surface area (Å²) in [7, 11) is 1.27. The van der Waals surface area contributed by atoms with Gasteiger partial charge < -0.3 is 10.1 Å². The predicted octanol–water partition coefficient (Wildman–Crippen LogP) is 2.92. The van der Waals surface area contributed by atoms with Gasteiger partial charge in [0, 0.05) is 0 Å². The molecule has 0 aliphatic rings. The number of amides is 1. The molecular weight excluding hydrogens is 289 g/mol. The molecule has 4 nitrogen and oxygen atoms in total. The van der Waals surface area contributed by atoms with Gasteiger partial charge in [-0.2, -0.15) is 0 Å². The van der Waals surface area contributed by atoms with Gasteiger partial charge in [0.1, 0.15) is 6.04 Å². The van der Waals surface area contributed by atoms with Gasteiger partial charge in [-0.3, -0.25) is 4.79 Å². The van der Waals surface area contributed by atoms with Crippen molar-refractivity contribution in [2.75, 3.05) is 7.11 Å². The van der Waals surface area contributed by atoms with Crippen LogP contribution in [0.5, 0.6) is 0 Å². The van der Waals surface area contributed by atoms with Crippen LogP contribution in [0.1, 0.15) is 24.2 Å². The Morgan fingerprint density at radius 1 is 1.21 bits per heavy atom. The van der Waals surface area contributed by atoms with E-state index < -0.39 is 17.9 Å². The Morgan fingerprint density at radius 2 is 1.74 bits per heavy atom. The molecule has 0 aliphatic heterocycles. The van der Waals surface area contributed by atoms with Gasteiger partial charge in [0.05, 0.1) is 22.7 Å². The molecule has 0 fully saturated rings. The maximum absolute atomic E-state index is 12.1. The van der Waals surface area contributed by atoms with Crippen molar-refractivity contribution >= 4 is 35.1 Å².